The number of carbonyl (C=O) groups is 1. The number of carbonyl (C=O) groups excluding carboxylic acids is 1. The molecule has 1 unspecified atom stereocenters. The first-order chi connectivity index (χ1) is 8.52. The van der Waals surface area contributed by atoms with Crippen LogP contribution in [0.4, 0.5) is 0 Å². The zero-order valence-corrected chi connectivity index (χ0v) is 12.5. The average Bonchev–Trinajstić information content (AvgIpc) is 2.39. The monoisotopic (exact) mass is 275 g/mol. The molecule has 0 aliphatic rings. The van der Waals surface area contributed by atoms with E-state index >= 15 is 0 Å². The maximum absolute atomic E-state index is 12.4. The van der Waals surface area contributed by atoms with Gasteiger partial charge >= 0.3 is 0 Å². The summed E-state index contributed by atoms with van der Waals surface area (Å²) in [6.07, 6.45) is 3.90. The Morgan fingerprint density at radius 2 is 2.00 bits per heavy atom. The van der Waals surface area contributed by atoms with Crippen LogP contribution in [0.25, 0.3) is 0 Å². The molecule has 0 saturated heterocycles. The van der Waals surface area contributed by atoms with Gasteiger partial charge in [0.05, 0.1) is 0 Å². The molecule has 0 fully saturated rings. The maximum Gasteiger partial charge on any atom is 0.234 e. The second kappa shape index (κ2) is 8.24. The van der Waals surface area contributed by atoms with Gasteiger partial charge < -0.3 is 16.3 Å². The molecule has 5 nitrogen and oxygen atoms in total. The number of oxime groups is 1. The van der Waals surface area contributed by atoms with Crippen LogP contribution in [0.15, 0.2) is 5.16 Å². The fourth-order valence-electron chi connectivity index (χ4n) is 1.93. The zero-order valence-electron chi connectivity index (χ0n) is 11.7. The van der Waals surface area contributed by atoms with Crippen LogP contribution < -0.4 is 11.1 Å². The summed E-state index contributed by atoms with van der Waals surface area (Å²) in [6, 6.07) is 0.122. The number of nitrogens with two attached hydrogens (primary N) is 1. The normalized spacial score (nSPS) is 14.3. The molecule has 0 saturated carbocycles. The molecule has 1 atom stereocenters. The fraction of sp³-hybridized carbons (Fsp3) is 0.833. The third-order valence-electron chi connectivity index (χ3n) is 3.44. The summed E-state index contributed by atoms with van der Waals surface area (Å²) >= 11 is 1.69. The van der Waals surface area contributed by atoms with Gasteiger partial charge in [0.2, 0.25) is 5.91 Å². The number of amides is 1. The van der Waals surface area contributed by atoms with Gasteiger partial charge in [0.15, 0.2) is 5.84 Å². The predicted molar refractivity (Wildman–Crippen MR) is 77.0 cm³/mol. The Morgan fingerprint density at radius 3 is 2.33 bits per heavy atom. The van der Waals surface area contributed by atoms with Crippen LogP contribution in [0, 0.1) is 5.41 Å². The van der Waals surface area contributed by atoms with Crippen molar-refractivity contribution in [3.8, 4) is 0 Å². The highest BCUT2D eigenvalue weighted by atomic mass is 32.2. The van der Waals surface area contributed by atoms with Gasteiger partial charge in [0.1, 0.15) is 5.41 Å². The van der Waals surface area contributed by atoms with Crippen molar-refractivity contribution in [2.45, 2.75) is 46.1 Å². The van der Waals surface area contributed by atoms with Gasteiger partial charge in [-0.3, -0.25) is 4.79 Å². The smallest absolute Gasteiger partial charge is 0.234 e. The van der Waals surface area contributed by atoms with Crippen molar-refractivity contribution in [3.05, 3.63) is 0 Å². The quantitative estimate of drug-likeness (QED) is 0.273. The molecule has 0 aliphatic carbocycles. The third kappa shape index (κ3) is 3.80. The SMILES string of the molecule is CCC(CSC)NC(=O)C(CC)(CC)C(N)=NO. The second-order valence-electron chi connectivity index (χ2n) is 4.31. The van der Waals surface area contributed by atoms with Crippen molar-refractivity contribution in [1.29, 1.82) is 0 Å². The molecule has 0 rings (SSSR count). The molecule has 0 aromatic rings. The number of amidine groups is 1. The average molecular weight is 275 g/mol. The van der Waals surface area contributed by atoms with Gasteiger partial charge in [-0.2, -0.15) is 11.8 Å². The highest BCUT2D eigenvalue weighted by molar-refractivity contribution is 7.98. The molecular formula is C12H25N3O2S. The van der Waals surface area contributed by atoms with Crippen molar-refractivity contribution in [3.63, 3.8) is 0 Å². The summed E-state index contributed by atoms with van der Waals surface area (Å²) in [5.41, 5.74) is 4.80. The predicted octanol–water partition coefficient (Wildman–Crippen LogP) is 1.80. The number of hydrogen-bond acceptors (Lipinski definition) is 4. The Labute approximate surface area is 114 Å². The van der Waals surface area contributed by atoms with Gasteiger partial charge in [0.25, 0.3) is 0 Å². The lowest BCUT2D eigenvalue weighted by molar-refractivity contribution is -0.128. The first-order valence-electron chi connectivity index (χ1n) is 6.30. The van der Waals surface area contributed by atoms with E-state index in [0.29, 0.717) is 12.8 Å². The minimum Gasteiger partial charge on any atom is -0.409 e. The van der Waals surface area contributed by atoms with Gasteiger partial charge in [0, 0.05) is 11.8 Å². The van der Waals surface area contributed by atoms with Crippen molar-refractivity contribution < 1.29 is 10.0 Å². The van der Waals surface area contributed by atoms with Crippen LogP contribution in [-0.4, -0.2) is 35.0 Å². The van der Waals surface area contributed by atoms with Gasteiger partial charge in [-0.15, -0.1) is 0 Å². The Balaban J connectivity index is 4.98. The lowest BCUT2D eigenvalue weighted by Gasteiger charge is -2.30. The zero-order chi connectivity index (χ0) is 14.2. The van der Waals surface area contributed by atoms with Gasteiger partial charge in [-0.25, -0.2) is 0 Å². The largest absolute Gasteiger partial charge is 0.409 e. The first-order valence-corrected chi connectivity index (χ1v) is 7.69. The van der Waals surface area contributed by atoms with E-state index in [1.54, 1.807) is 11.8 Å². The number of thioether (sulfide) groups is 1. The summed E-state index contributed by atoms with van der Waals surface area (Å²) in [5, 5.41) is 14.9. The number of hydrogen-bond donors (Lipinski definition) is 3. The molecule has 0 bridgehead atoms. The molecule has 0 aromatic heterocycles. The highest BCUT2D eigenvalue weighted by Gasteiger charge is 2.40. The standard InChI is InChI=1S/C12H25N3O2S/c1-5-9(8-18-4)14-11(16)12(6-2,7-3)10(13)15-17/h9,17H,5-8H2,1-4H3,(H2,13,15)(H,14,16). The van der Waals surface area contributed by atoms with E-state index in [0.717, 1.165) is 12.2 Å². The molecule has 0 aromatic carbocycles. The van der Waals surface area contributed by atoms with Gasteiger partial charge in [-0.1, -0.05) is 25.9 Å². The third-order valence-corrected chi connectivity index (χ3v) is 4.17. The lowest BCUT2D eigenvalue weighted by Crippen LogP contribution is -2.52. The minimum atomic E-state index is -0.902. The Kier molecular flexibility index (Phi) is 7.82. The van der Waals surface area contributed by atoms with Crippen LogP contribution >= 0.6 is 11.8 Å². The van der Waals surface area contributed by atoms with E-state index in [9.17, 15) is 4.79 Å². The molecule has 1 amide bonds. The van der Waals surface area contributed by atoms with Crippen LogP contribution in [0.2, 0.25) is 0 Å². The Morgan fingerprint density at radius 1 is 1.44 bits per heavy atom. The van der Waals surface area contributed by atoms with E-state index in [4.69, 9.17) is 10.9 Å². The van der Waals surface area contributed by atoms with Crippen LogP contribution in [0.3, 0.4) is 0 Å². The summed E-state index contributed by atoms with van der Waals surface area (Å²) in [7, 11) is 0. The summed E-state index contributed by atoms with van der Waals surface area (Å²) in [5.74, 6) is 0.703. The van der Waals surface area contributed by atoms with E-state index in [1.165, 1.54) is 0 Å². The fourth-order valence-corrected chi connectivity index (χ4v) is 2.65. The first kappa shape index (κ1) is 17.1. The number of nitrogens with zero attached hydrogens (tertiary/aromatic N) is 1. The van der Waals surface area contributed by atoms with Crippen molar-refractivity contribution >= 4 is 23.5 Å². The Bertz CT molecular complexity index is 291. The molecule has 0 aliphatic heterocycles. The van der Waals surface area contributed by atoms with Crippen LogP contribution in [0.5, 0.6) is 0 Å². The summed E-state index contributed by atoms with van der Waals surface area (Å²) in [4.78, 5) is 12.4. The van der Waals surface area contributed by atoms with Gasteiger partial charge in [-0.05, 0) is 25.5 Å². The lowest BCUT2D eigenvalue weighted by atomic mass is 9.80. The highest BCUT2D eigenvalue weighted by Crippen LogP contribution is 2.27. The molecule has 4 N–H and O–H groups in total. The summed E-state index contributed by atoms with van der Waals surface area (Å²) in [6.45, 7) is 5.78. The molecule has 18 heavy (non-hydrogen) atoms. The molecule has 0 spiro atoms. The second-order valence-corrected chi connectivity index (χ2v) is 5.22. The van der Waals surface area contributed by atoms with E-state index < -0.39 is 5.41 Å². The van der Waals surface area contributed by atoms with Crippen LogP contribution in [-0.2, 0) is 4.79 Å². The minimum absolute atomic E-state index is 0.0102. The molecule has 106 valence electrons. The molecule has 0 radical (unpaired) electrons. The maximum atomic E-state index is 12.4. The topological polar surface area (TPSA) is 87.7 Å². The molecular weight excluding hydrogens is 250 g/mol. The van der Waals surface area contributed by atoms with E-state index in [1.807, 2.05) is 27.0 Å². The summed E-state index contributed by atoms with van der Waals surface area (Å²) < 4.78 is 0. The van der Waals surface area contributed by atoms with Crippen molar-refractivity contribution in [1.82, 2.24) is 5.32 Å². The molecule has 6 heteroatoms. The van der Waals surface area contributed by atoms with E-state index in [-0.39, 0.29) is 17.8 Å². The number of nitrogens with one attached hydrogen (secondary N) is 1. The van der Waals surface area contributed by atoms with Crippen molar-refractivity contribution in [2.75, 3.05) is 12.0 Å². The molecule has 0 heterocycles. The van der Waals surface area contributed by atoms with Crippen molar-refractivity contribution in [2.24, 2.45) is 16.3 Å². The Hall–Kier alpha value is -0.910. The van der Waals surface area contributed by atoms with E-state index in [2.05, 4.69) is 10.5 Å². The number of rotatable bonds is 8. The van der Waals surface area contributed by atoms with Crippen LogP contribution in [0.1, 0.15) is 40.0 Å².